The number of nitrogens with zero attached hydrogens (tertiary/aromatic N) is 1. The standard InChI is InChI=1S/C6H10ClN2O2/c1-5(10)8-9-6(11)3-2-4-7/h2-4H2,1H3,(H,9,11). The zero-order valence-electron chi connectivity index (χ0n) is 6.26. The minimum atomic E-state index is -0.413. The van der Waals surface area contributed by atoms with Crippen LogP contribution < -0.4 is 10.9 Å². The highest BCUT2D eigenvalue weighted by molar-refractivity contribution is 6.17. The Balaban J connectivity index is 3.30. The summed E-state index contributed by atoms with van der Waals surface area (Å²) in [6.45, 7) is 1.27. The molecule has 0 aliphatic carbocycles. The van der Waals surface area contributed by atoms with E-state index in [2.05, 4.69) is 10.9 Å². The van der Waals surface area contributed by atoms with Gasteiger partial charge in [-0.05, 0) is 6.42 Å². The third kappa shape index (κ3) is 7.12. The first-order valence-corrected chi connectivity index (χ1v) is 3.76. The molecule has 0 saturated heterocycles. The molecule has 0 aromatic heterocycles. The maximum Gasteiger partial charge on any atom is 0.259 e. The second kappa shape index (κ2) is 5.97. The number of hydrogen-bond donors (Lipinski definition) is 1. The molecule has 0 aromatic carbocycles. The van der Waals surface area contributed by atoms with Crippen LogP contribution in [0.3, 0.4) is 0 Å². The minimum absolute atomic E-state index is 0.277. The van der Waals surface area contributed by atoms with Crippen LogP contribution in [0.4, 0.5) is 0 Å². The second-order valence-electron chi connectivity index (χ2n) is 1.96. The number of alkyl halides is 1. The first-order valence-electron chi connectivity index (χ1n) is 3.23. The van der Waals surface area contributed by atoms with Gasteiger partial charge in [-0.1, -0.05) is 0 Å². The van der Waals surface area contributed by atoms with Gasteiger partial charge in [0.25, 0.3) is 5.91 Å². The van der Waals surface area contributed by atoms with Gasteiger partial charge in [0.15, 0.2) is 0 Å². The molecule has 0 heterocycles. The lowest BCUT2D eigenvalue weighted by Gasteiger charge is -1.99. The lowest BCUT2D eigenvalue weighted by Crippen LogP contribution is -2.33. The predicted octanol–water partition coefficient (Wildman–Crippen LogP) is 0.187. The summed E-state index contributed by atoms with van der Waals surface area (Å²) in [4.78, 5) is 20.9. The summed E-state index contributed by atoms with van der Waals surface area (Å²) in [6.07, 6.45) is 0.904. The Bertz CT molecular complexity index is 150. The number of halogens is 1. The highest BCUT2D eigenvalue weighted by Gasteiger charge is 2.00. The van der Waals surface area contributed by atoms with Gasteiger partial charge in [-0.25, -0.2) is 5.43 Å². The van der Waals surface area contributed by atoms with Gasteiger partial charge in [0.05, 0.1) is 0 Å². The van der Waals surface area contributed by atoms with E-state index in [4.69, 9.17) is 11.6 Å². The topological polar surface area (TPSA) is 60.3 Å². The Kier molecular flexibility index (Phi) is 5.56. The van der Waals surface area contributed by atoms with Gasteiger partial charge in [0.1, 0.15) is 0 Å². The number of rotatable bonds is 3. The normalized spacial score (nSPS) is 8.91. The van der Waals surface area contributed by atoms with Gasteiger partial charge in [-0.2, -0.15) is 0 Å². The molecule has 5 heteroatoms. The molecule has 4 nitrogen and oxygen atoms in total. The van der Waals surface area contributed by atoms with E-state index in [1.54, 1.807) is 0 Å². The van der Waals surface area contributed by atoms with Gasteiger partial charge in [0, 0.05) is 19.2 Å². The molecule has 0 aliphatic heterocycles. The number of amides is 2. The Morgan fingerprint density at radius 3 is 2.64 bits per heavy atom. The molecule has 0 atom stereocenters. The average molecular weight is 178 g/mol. The van der Waals surface area contributed by atoms with E-state index >= 15 is 0 Å². The summed E-state index contributed by atoms with van der Waals surface area (Å²) >= 11 is 5.33. The molecule has 11 heavy (non-hydrogen) atoms. The smallest absolute Gasteiger partial charge is 0.259 e. The zero-order chi connectivity index (χ0) is 8.69. The van der Waals surface area contributed by atoms with Crippen molar-refractivity contribution < 1.29 is 9.59 Å². The fraction of sp³-hybridized carbons (Fsp3) is 0.667. The highest BCUT2D eigenvalue weighted by Crippen LogP contribution is 1.90. The molecule has 1 radical (unpaired) electrons. The van der Waals surface area contributed by atoms with Crippen molar-refractivity contribution in [3.8, 4) is 0 Å². The van der Waals surface area contributed by atoms with E-state index in [9.17, 15) is 9.59 Å². The van der Waals surface area contributed by atoms with Gasteiger partial charge < -0.3 is 0 Å². The lowest BCUT2D eigenvalue weighted by atomic mass is 10.3. The molecule has 63 valence electrons. The van der Waals surface area contributed by atoms with Gasteiger partial charge >= 0.3 is 0 Å². The summed E-state index contributed by atoms with van der Waals surface area (Å²) in [5.41, 5.74) is 5.29. The van der Waals surface area contributed by atoms with Crippen LogP contribution in [0, 0.1) is 0 Å². The van der Waals surface area contributed by atoms with Crippen LogP contribution in [-0.4, -0.2) is 17.7 Å². The summed E-state index contributed by atoms with van der Waals surface area (Å²) in [7, 11) is 0. The van der Waals surface area contributed by atoms with E-state index in [0.717, 1.165) is 0 Å². The number of nitrogens with one attached hydrogen (secondary N) is 1. The van der Waals surface area contributed by atoms with Gasteiger partial charge in [-0.3, -0.25) is 9.59 Å². The second-order valence-corrected chi connectivity index (χ2v) is 2.34. The van der Waals surface area contributed by atoms with Crippen LogP contribution in [-0.2, 0) is 9.59 Å². The maximum atomic E-state index is 10.7. The first-order chi connectivity index (χ1) is 5.16. The average Bonchev–Trinajstić information content (AvgIpc) is 1.97. The monoisotopic (exact) mass is 177 g/mol. The third-order valence-corrected chi connectivity index (χ3v) is 1.14. The minimum Gasteiger partial charge on any atom is -0.273 e. The van der Waals surface area contributed by atoms with E-state index in [1.165, 1.54) is 6.92 Å². The van der Waals surface area contributed by atoms with Crippen molar-refractivity contribution >= 4 is 23.4 Å². The third-order valence-electron chi connectivity index (χ3n) is 0.876. The van der Waals surface area contributed by atoms with Crippen molar-refractivity contribution in [1.29, 1.82) is 0 Å². The van der Waals surface area contributed by atoms with Crippen molar-refractivity contribution in [3.05, 3.63) is 0 Å². The van der Waals surface area contributed by atoms with E-state index in [0.29, 0.717) is 18.7 Å². The molecule has 0 spiro atoms. The molecule has 0 bridgehead atoms. The number of hydrogen-bond acceptors (Lipinski definition) is 2. The summed E-state index contributed by atoms with van der Waals surface area (Å²) in [6, 6.07) is 0. The Morgan fingerprint density at radius 2 is 2.18 bits per heavy atom. The van der Waals surface area contributed by atoms with Crippen LogP contribution in [0.15, 0.2) is 0 Å². The van der Waals surface area contributed by atoms with Crippen molar-refractivity contribution in [3.63, 3.8) is 0 Å². The van der Waals surface area contributed by atoms with Crippen molar-refractivity contribution in [2.45, 2.75) is 19.8 Å². The van der Waals surface area contributed by atoms with E-state index < -0.39 is 5.91 Å². The molecule has 0 rings (SSSR count). The van der Waals surface area contributed by atoms with E-state index in [-0.39, 0.29) is 5.91 Å². The predicted molar refractivity (Wildman–Crippen MR) is 40.9 cm³/mol. The van der Waals surface area contributed by atoms with Crippen LogP contribution in [0.2, 0.25) is 0 Å². The van der Waals surface area contributed by atoms with Crippen LogP contribution in [0.5, 0.6) is 0 Å². The molecular weight excluding hydrogens is 168 g/mol. The zero-order valence-corrected chi connectivity index (χ0v) is 7.02. The fourth-order valence-electron chi connectivity index (χ4n) is 0.424. The molecular formula is C6H10ClN2O2. The maximum absolute atomic E-state index is 10.7. The summed E-state index contributed by atoms with van der Waals surface area (Å²) in [5.74, 6) is -0.252. The Morgan fingerprint density at radius 1 is 1.55 bits per heavy atom. The van der Waals surface area contributed by atoms with Gasteiger partial charge in [0.2, 0.25) is 5.91 Å². The van der Waals surface area contributed by atoms with E-state index in [1.807, 2.05) is 0 Å². The Hall–Kier alpha value is -0.770. The SMILES string of the molecule is CC(=O)[N]NC(=O)CCCCl. The molecule has 0 unspecified atom stereocenters. The molecule has 1 N–H and O–H groups in total. The quantitative estimate of drug-likeness (QED) is 0.494. The van der Waals surface area contributed by atoms with Crippen LogP contribution >= 0.6 is 11.6 Å². The first kappa shape index (κ1) is 10.2. The molecule has 2 amide bonds. The summed E-state index contributed by atoms with van der Waals surface area (Å²) in [5, 5.41) is 0. The number of carbonyl (C=O) groups excluding carboxylic acids is 2. The molecule has 0 saturated carbocycles. The van der Waals surface area contributed by atoms with Crippen molar-refractivity contribution in [2.75, 3.05) is 5.88 Å². The van der Waals surface area contributed by atoms with Crippen LogP contribution in [0.1, 0.15) is 19.8 Å². The Labute approximate surface area is 70.3 Å². The summed E-state index contributed by atoms with van der Waals surface area (Å²) < 4.78 is 0. The largest absolute Gasteiger partial charge is 0.273 e. The fourth-order valence-corrected chi connectivity index (χ4v) is 0.558. The van der Waals surface area contributed by atoms with Gasteiger partial charge in [-0.15, -0.1) is 17.0 Å². The number of carbonyl (C=O) groups is 2. The van der Waals surface area contributed by atoms with Crippen molar-refractivity contribution in [2.24, 2.45) is 0 Å². The molecule has 0 aromatic rings. The van der Waals surface area contributed by atoms with Crippen LogP contribution in [0.25, 0.3) is 0 Å². The lowest BCUT2D eigenvalue weighted by molar-refractivity contribution is -0.128. The highest BCUT2D eigenvalue weighted by atomic mass is 35.5. The molecule has 0 aliphatic rings. The molecule has 0 fully saturated rings. The van der Waals surface area contributed by atoms with Crippen molar-refractivity contribution in [1.82, 2.24) is 10.9 Å².